The molecule has 0 aromatic carbocycles. The molecule has 3 aliphatic rings. The summed E-state index contributed by atoms with van der Waals surface area (Å²) in [4.78, 5) is 12.1. The summed E-state index contributed by atoms with van der Waals surface area (Å²) in [5.41, 5.74) is -0.393. The molecule has 1 heterocycles. The topological polar surface area (TPSA) is 46.5 Å². The van der Waals surface area contributed by atoms with Gasteiger partial charge in [-0.1, -0.05) is 25.5 Å². The maximum absolute atomic E-state index is 12.1. The molecule has 1 N–H and O–H groups in total. The highest BCUT2D eigenvalue weighted by atomic mass is 16.5. The van der Waals surface area contributed by atoms with Crippen LogP contribution in [0.5, 0.6) is 0 Å². The summed E-state index contributed by atoms with van der Waals surface area (Å²) in [5, 5.41) is 10.8. The molecule has 0 aromatic heterocycles. The molecule has 2 fully saturated rings. The van der Waals surface area contributed by atoms with Gasteiger partial charge in [-0.3, -0.25) is 4.79 Å². The van der Waals surface area contributed by atoms with E-state index in [2.05, 4.69) is 26.8 Å². The largest absolute Gasteiger partial charge is 0.379 e. The van der Waals surface area contributed by atoms with E-state index >= 15 is 0 Å². The zero-order valence-corrected chi connectivity index (χ0v) is 11.5. The normalized spacial score (nSPS) is 51.7. The summed E-state index contributed by atoms with van der Waals surface area (Å²) in [7, 11) is 0. The monoisotopic (exact) mass is 250 g/mol. The van der Waals surface area contributed by atoms with E-state index in [9.17, 15) is 9.90 Å². The van der Waals surface area contributed by atoms with Crippen LogP contribution in [0.15, 0.2) is 11.6 Å². The summed E-state index contributed by atoms with van der Waals surface area (Å²) >= 11 is 0. The second-order valence-corrected chi connectivity index (χ2v) is 6.78. The van der Waals surface area contributed by atoms with E-state index in [1.54, 1.807) is 0 Å². The van der Waals surface area contributed by atoms with Crippen molar-refractivity contribution < 1.29 is 14.6 Å². The standard InChI is InChI=1S/C15H22O3/c1-10-4-6-13(2)12(8-10)18-9-15(17)11(16)5-7-14(13,15)3/h8,12,17H,4-7,9H2,1-3H3/t12-,13-,14+,15-/m0/s1. The first-order valence-electron chi connectivity index (χ1n) is 6.88. The lowest BCUT2D eigenvalue weighted by atomic mass is 9.51. The molecule has 1 saturated heterocycles. The van der Waals surface area contributed by atoms with Crippen molar-refractivity contribution in [1.29, 1.82) is 0 Å². The van der Waals surface area contributed by atoms with Gasteiger partial charge >= 0.3 is 0 Å². The number of fused-ring (bicyclic) bond motifs is 3. The molecule has 100 valence electrons. The van der Waals surface area contributed by atoms with Crippen molar-refractivity contribution in [2.24, 2.45) is 10.8 Å². The zero-order valence-electron chi connectivity index (χ0n) is 11.5. The average Bonchev–Trinajstić information content (AvgIpc) is 2.57. The fourth-order valence-corrected chi connectivity index (χ4v) is 4.24. The van der Waals surface area contributed by atoms with Gasteiger partial charge in [-0.05, 0) is 26.2 Å². The molecule has 3 nitrogen and oxygen atoms in total. The minimum absolute atomic E-state index is 0.0315. The molecular formula is C15H22O3. The Labute approximate surface area is 108 Å². The molecule has 18 heavy (non-hydrogen) atoms. The van der Waals surface area contributed by atoms with Gasteiger partial charge in [-0.25, -0.2) is 0 Å². The van der Waals surface area contributed by atoms with Crippen LogP contribution in [0.25, 0.3) is 0 Å². The van der Waals surface area contributed by atoms with E-state index in [1.165, 1.54) is 5.57 Å². The van der Waals surface area contributed by atoms with E-state index in [4.69, 9.17) is 4.74 Å². The lowest BCUT2D eigenvalue weighted by molar-refractivity contribution is -0.238. The number of Topliss-reactive ketones (excluding diaryl/α,β-unsaturated/α-hetero) is 1. The Hall–Kier alpha value is -0.670. The van der Waals surface area contributed by atoms with Crippen molar-refractivity contribution in [2.45, 2.75) is 58.2 Å². The molecule has 3 heteroatoms. The number of aliphatic hydroxyl groups is 1. The van der Waals surface area contributed by atoms with E-state index in [1.807, 2.05) is 0 Å². The van der Waals surface area contributed by atoms with Crippen molar-refractivity contribution in [3.8, 4) is 0 Å². The van der Waals surface area contributed by atoms with Crippen LogP contribution in [0.1, 0.15) is 46.5 Å². The minimum Gasteiger partial charge on any atom is -0.379 e. The second-order valence-electron chi connectivity index (χ2n) is 6.78. The Morgan fingerprint density at radius 2 is 2.06 bits per heavy atom. The number of carbonyl (C=O) groups is 1. The summed E-state index contributed by atoms with van der Waals surface area (Å²) < 4.78 is 5.86. The highest BCUT2D eigenvalue weighted by Crippen LogP contribution is 2.63. The molecule has 2 aliphatic carbocycles. The van der Waals surface area contributed by atoms with Gasteiger partial charge in [0.25, 0.3) is 0 Å². The number of ketones is 1. The van der Waals surface area contributed by atoms with Crippen molar-refractivity contribution in [1.82, 2.24) is 0 Å². The van der Waals surface area contributed by atoms with Crippen molar-refractivity contribution in [3.63, 3.8) is 0 Å². The predicted octanol–water partition coefficient (Wildman–Crippen LogP) is 2.23. The minimum atomic E-state index is -1.27. The number of ether oxygens (including phenoxy) is 1. The first-order chi connectivity index (χ1) is 8.33. The van der Waals surface area contributed by atoms with Gasteiger partial charge in [0.15, 0.2) is 11.4 Å². The quantitative estimate of drug-likeness (QED) is 0.671. The fraction of sp³-hybridized carbons (Fsp3) is 0.800. The average molecular weight is 250 g/mol. The van der Waals surface area contributed by atoms with Crippen LogP contribution in [0.3, 0.4) is 0 Å². The van der Waals surface area contributed by atoms with Gasteiger partial charge < -0.3 is 9.84 Å². The lowest BCUT2D eigenvalue weighted by Crippen LogP contribution is -2.66. The number of allylic oxidation sites excluding steroid dienone is 1. The summed E-state index contributed by atoms with van der Waals surface area (Å²) in [5.74, 6) is -0.0315. The smallest absolute Gasteiger partial charge is 0.167 e. The number of hydrogen-bond acceptors (Lipinski definition) is 3. The molecule has 0 unspecified atom stereocenters. The molecule has 0 amide bonds. The first-order valence-corrected chi connectivity index (χ1v) is 6.88. The van der Waals surface area contributed by atoms with E-state index < -0.39 is 5.60 Å². The first kappa shape index (κ1) is 12.4. The Morgan fingerprint density at radius 1 is 1.33 bits per heavy atom. The van der Waals surface area contributed by atoms with Crippen LogP contribution in [-0.2, 0) is 9.53 Å². The van der Waals surface area contributed by atoms with Gasteiger partial charge in [-0.2, -0.15) is 0 Å². The van der Waals surface area contributed by atoms with Gasteiger partial charge in [-0.15, -0.1) is 0 Å². The van der Waals surface area contributed by atoms with Gasteiger partial charge in [0, 0.05) is 17.3 Å². The third-order valence-corrected chi connectivity index (χ3v) is 6.06. The van der Waals surface area contributed by atoms with Crippen LogP contribution in [-0.4, -0.2) is 29.2 Å². The molecule has 0 radical (unpaired) electrons. The van der Waals surface area contributed by atoms with Crippen molar-refractivity contribution in [2.75, 3.05) is 6.61 Å². The molecule has 0 spiro atoms. The van der Waals surface area contributed by atoms with Gasteiger partial charge in [0.2, 0.25) is 0 Å². The Bertz CT molecular complexity index is 441. The molecule has 4 atom stereocenters. The lowest BCUT2D eigenvalue weighted by Gasteiger charge is -2.59. The SMILES string of the molecule is CC1=C[C@@H]2OC[C@]3(O)C(=O)CC[C@]3(C)[C@@]2(C)CC1. The van der Waals surface area contributed by atoms with E-state index in [0.717, 1.165) is 19.3 Å². The van der Waals surface area contributed by atoms with Crippen molar-refractivity contribution >= 4 is 5.78 Å². The van der Waals surface area contributed by atoms with Crippen LogP contribution in [0, 0.1) is 10.8 Å². The summed E-state index contributed by atoms with van der Waals surface area (Å²) in [6.45, 7) is 6.56. The van der Waals surface area contributed by atoms with Crippen LogP contribution < -0.4 is 0 Å². The Balaban J connectivity index is 2.10. The molecular weight excluding hydrogens is 228 g/mol. The van der Waals surface area contributed by atoms with Crippen LogP contribution >= 0.6 is 0 Å². The summed E-state index contributed by atoms with van der Waals surface area (Å²) in [6.07, 6.45) is 5.54. The van der Waals surface area contributed by atoms with E-state index in [-0.39, 0.29) is 29.3 Å². The number of carbonyl (C=O) groups excluding carboxylic acids is 1. The molecule has 0 aromatic rings. The molecule has 3 rings (SSSR count). The fourth-order valence-electron chi connectivity index (χ4n) is 4.24. The second kappa shape index (κ2) is 3.45. The van der Waals surface area contributed by atoms with Crippen LogP contribution in [0.2, 0.25) is 0 Å². The summed E-state index contributed by atoms with van der Waals surface area (Å²) in [6, 6.07) is 0. The third-order valence-electron chi connectivity index (χ3n) is 6.06. The van der Waals surface area contributed by atoms with Gasteiger partial charge in [0.05, 0.1) is 12.7 Å². The zero-order chi connectivity index (χ0) is 13.2. The molecule has 1 saturated carbocycles. The third kappa shape index (κ3) is 1.19. The maximum Gasteiger partial charge on any atom is 0.167 e. The Morgan fingerprint density at radius 3 is 2.78 bits per heavy atom. The van der Waals surface area contributed by atoms with E-state index in [0.29, 0.717) is 6.42 Å². The van der Waals surface area contributed by atoms with Gasteiger partial charge in [0.1, 0.15) is 0 Å². The predicted molar refractivity (Wildman–Crippen MR) is 68.1 cm³/mol. The highest BCUT2D eigenvalue weighted by molar-refractivity contribution is 5.91. The molecule has 0 bridgehead atoms. The van der Waals surface area contributed by atoms with Crippen molar-refractivity contribution in [3.05, 3.63) is 11.6 Å². The molecule has 1 aliphatic heterocycles. The Kier molecular flexibility index (Phi) is 2.37. The maximum atomic E-state index is 12.1. The number of hydrogen-bond donors (Lipinski definition) is 1. The van der Waals surface area contributed by atoms with Crippen LogP contribution in [0.4, 0.5) is 0 Å². The highest BCUT2D eigenvalue weighted by Gasteiger charge is 2.69. The number of rotatable bonds is 0.